The number of nitrogens with zero attached hydrogens (tertiary/aromatic N) is 1. The first-order valence-electron chi connectivity index (χ1n) is 7.09. The van der Waals surface area contributed by atoms with Gasteiger partial charge in [-0.05, 0) is 49.7 Å². The zero-order valence-corrected chi connectivity index (χ0v) is 12.3. The molecule has 2 aromatic carbocycles. The van der Waals surface area contributed by atoms with Crippen LogP contribution in [0.5, 0.6) is 11.5 Å². The number of halogens is 1. The van der Waals surface area contributed by atoms with Gasteiger partial charge in [-0.1, -0.05) is 12.1 Å². The second kappa shape index (κ2) is 6.97. The van der Waals surface area contributed by atoms with Gasteiger partial charge in [0.05, 0.1) is 6.61 Å². The summed E-state index contributed by atoms with van der Waals surface area (Å²) in [5.41, 5.74) is 1.84. The van der Waals surface area contributed by atoms with E-state index in [1.54, 1.807) is 12.1 Å². The highest BCUT2D eigenvalue weighted by atomic mass is 19.1. The van der Waals surface area contributed by atoms with Gasteiger partial charge in [0, 0.05) is 18.8 Å². The van der Waals surface area contributed by atoms with Crippen LogP contribution in [-0.4, -0.2) is 18.3 Å². The molecule has 0 atom stereocenters. The summed E-state index contributed by atoms with van der Waals surface area (Å²) < 4.78 is 18.7. The van der Waals surface area contributed by atoms with Crippen molar-refractivity contribution in [1.82, 2.24) is 0 Å². The number of rotatable bonds is 6. The van der Waals surface area contributed by atoms with Crippen LogP contribution >= 0.6 is 0 Å². The molecule has 0 bridgehead atoms. The maximum Gasteiger partial charge on any atom is 0.161 e. The third-order valence-electron chi connectivity index (χ3n) is 3.25. The average Bonchev–Trinajstić information content (AvgIpc) is 2.48. The highest BCUT2D eigenvalue weighted by Crippen LogP contribution is 2.28. The smallest absolute Gasteiger partial charge is 0.161 e. The number of hydrogen-bond acceptors (Lipinski definition) is 3. The van der Waals surface area contributed by atoms with Crippen molar-refractivity contribution in [2.45, 2.75) is 20.4 Å². The molecule has 1 N–H and O–H groups in total. The minimum atomic E-state index is -0.244. The van der Waals surface area contributed by atoms with E-state index in [0.29, 0.717) is 18.9 Å². The summed E-state index contributed by atoms with van der Waals surface area (Å²) in [6.07, 6.45) is 0. The van der Waals surface area contributed by atoms with Gasteiger partial charge in [-0.2, -0.15) is 0 Å². The van der Waals surface area contributed by atoms with Crippen LogP contribution in [0.15, 0.2) is 42.5 Å². The number of benzene rings is 2. The first-order valence-corrected chi connectivity index (χ1v) is 7.09. The van der Waals surface area contributed by atoms with Crippen LogP contribution < -0.4 is 9.64 Å². The molecule has 0 saturated carbocycles. The summed E-state index contributed by atoms with van der Waals surface area (Å²) in [6, 6.07) is 11.8. The van der Waals surface area contributed by atoms with Gasteiger partial charge in [-0.3, -0.25) is 0 Å². The van der Waals surface area contributed by atoms with E-state index in [2.05, 4.69) is 4.90 Å². The van der Waals surface area contributed by atoms with Gasteiger partial charge in [-0.25, -0.2) is 4.39 Å². The SMILES string of the molecule is CCOc1cc(CN(CC)c2cccc(F)c2)ccc1O. The number of hydrogen-bond donors (Lipinski definition) is 1. The minimum absolute atomic E-state index is 0.134. The number of anilines is 1. The van der Waals surface area contributed by atoms with E-state index in [1.165, 1.54) is 12.1 Å². The fourth-order valence-corrected chi connectivity index (χ4v) is 2.21. The fourth-order valence-electron chi connectivity index (χ4n) is 2.21. The Morgan fingerprint density at radius 3 is 2.62 bits per heavy atom. The molecule has 21 heavy (non-hydrogen) atoms. The van der Waals surface area contributed by atoms with Crippen molar-refractivity contribution in [3.8, 4) is 11.5 Å². The van der Waals surface area contributed by atoms with E-state index in [0.717, 1.165) is 17.8 Å². The molecule has 3 nitrogen and oxygen atoms in total. The van der Waals surface area contributed by atoms with Crippen LogP contribution in [0.2, 0.25) is 0 Å². The van der Waals surface area contributed by atoms with E-state index in [1.807, 2.05) is 32.0 Å². The summed E-state index contributed by atoms with van der Waals surface area (Å²) in [5.74, 6) is 0.367. The molecule has 0 aliphatic carbocycles. The van der Waals surface area contributed by atoms with Crippen LogP contribution in [0.25, 0.3) is 0 Å². The number of phenols is 1. The molecular weight excluding hydrogens is 269 g/mol. The van der Waals surface area contributed by atoms with E-state index < -0.39 is 0 Å². The predicted octanol–water partition coefficient (Wildman–Crippen LogP) is 3.96. The van der Waals surface area contributed by atoms with Gasteiger partial charge < -0.3 is 14.7 Å². The Labute approximate surface area is 124 Å². The Bertz CT molecular complexity index is 601. The standard InChI is InChI=1S/C17H20FNO2/c1-3-19(15-7-5-6-14(18)11-15)12-13-8-9-16(20)17(10-13)21-4-2/h5-11,20H,3-4,12H2,1-2H3. The molecule has 0 spiro atoms. The Kier molecular flexibility index (Phi) is 5.04. The lowest BCUT2D eigenvalue weighted by Crippen LogP contribution is -2.22. The van der Waals surface area contributed by atoms with Gasteiger partial charge in [-0.15, -0.1) is 0 Å². The third kappa shape index (κ3) is 3.88. The lowest BCUT2D eigenvalue weighted by molar-refractivity contribution is 0.317. The van der Waals surface area contributed by atoms with Crippen molar-refractivity contribution in [2.75, 3.05) is 18.1 Å². The lowest BCUT2D eigenvalue weighted by Gasteiger charge is -2.23. The number of aromatic hydroxyl groups is 1. The normalized spacial score (nSPS) is 10.4. The van der Waals surface area contributed by atoms with Crippen molar-refractivity contribution >= 4 is 5.69 Å². The number of ether oxygens (including phenoxy) is 1. The monoisotopic (exact) mass is 289 g/mol. The van der Waals surface area contributed by atoms with Crippen molar-refractivity contribution < 1.29 is 14.2 Å². The van der Waals surface area contributed by atoms with Crippen LogP contribution in [0.3, 0.4) is 0 Å². The van der Waals surface area contributed by atoms with Gasteiger partial charge in [0.25, 0.3) is 0 Å². The molecule has 0 unspecified atom stereocenters. The fraction of sp³-hybridized carbons (Fsp3) is 0.294. The summed E-state index contributed by atoms with van der Waals surface area (Å²) in [7, 11) is 0. The maximum atomic E-state index is 13.3. The van der Waals surface area contributed by atoms with E-state index in [9.17, 15) is 9.50 Å². The topological polar surface area (TPSA) is 32.7 Å². The minimum Gasteiger partial charge on any atom is -0.504 e. The molecule has 2 rings (SSSR count). The molecule has 0 saturated heterocycles. The molecule has 0 aromatic heterocycles. The molecule has 4 heteroatoms. The van der Waals surface area contributed by atoms with E-state index in [-0.39, 0.29) is 11.6 Å². The summed E-state index contributed by atoms with van der Waals surface area (Å²) >= 11 is 0. The lowest BCUT2D eigenvalue weighted by atomic mass is 10.1. The molecular formula is C17H20FNO2. The molecule has 0 fully saturated rings. The summed E-state index contributed by atoms with van der Waals surface area (Å²) in [4.78, 5) is 2.06. The van der Waals surface area contributed by atoms with Crippen LogP contribution in [0, 0.1) is 5.82 Å². The summed E-state index contributed by atoms with van der Waals surface area (Å²) in [5, 5.41) is 9.72. The highest BCUT2D eigenvalue weighted by molar-refractivity contribution is 5.48. The van der Waals surface area contributed by atoms with Crippen LogP contribution in [-0.2, 0) is 6.54 Å². The molecule has 112 valence electrons. The first-order chi connectivity index (χ1) is 10.1. The Balaban J connectivity index is 2.20. The van der Waals surface area contributed by atoms with E-state index >= 15 is 0 Å². The van der Waals surface area contributed by atoms with Crippen molar-refractivity contribution in [3.63, 3.8) is 0 Å². The van der Waals surface area contributed by atoms with Crippen LogP contribution in [0.4, 0.5) is 10.1 Å². The highest BCUT2D eigenvalue weighted by Gasteiger charge is 2.09. The average molecular weight is 289 g/mol. The first kappa shape index (κ1) is 15.2. The van der Waals surface area contributed by atoms with Gasteiger partial charge >= 0.3 is 0 Å². The number of phenolic OH excluding ortho intramolecular Hbond substituents is 1. The van der Waals surface area contributed by atoms with Crippen molar-refractivity contribution in [3.05, 3.63) is 53.8 Å². The molecule has 0 aliphatic rings. The van der Waals surface area contributed by atoms with Crippen molar-refractivity contribution in [2.24, 2.45) is 0 Å². The Morgan fingerprint density at radius 2 is 1.95 bits per heavy atom. The predicted molar refractivity (Wildman–Crippen MR) is 82.4 cm³/mol. The van der Waals surface area contributed by atoms with Gasteiger partial charge in [0.1, 0.15) is 5.82 Å². The quantitative estimate of drug-likeness (QED) is 0.873. The molecule has 0 amide bonds. The second-order valence-electron chi connectivity index (χ2n) is 4.73. The van der Waals surface area contributed by atoms with Crippen LogP contribution in [0.1, 0.15) is 19.4 Å². The zero-order chi connectivity index (χ0) is 15.2. The molecule has 0 radical (unpaired) electrons. The van der Waals surface area contributed by atoms with E-state index in [4.69, 9.17) is 4.74 Å². The zero-order valence-electron chi connectivity index (χ0n) is 12.3. The second-order valence-corrected chi connectivity index (χ2v) is 4.73. The van der Waals surface area contributed by atoms with Gasteiger partial charge in [0.15, 0.2) is 11.5 Å². The molecule has 2 aromatic rings. The molecule has 0 aliphatic heterocycles. The Hall–Kier alpha value is -2.23. The molecule has 0 heterocycles. The largest absolute Gasteiger partial charge is 0.504 e. The Morgan fingerprint density at radius 1 is 1.14 bits per heavy atom. The van der Waals surface area contributed by atoms with Gasteiger partial charge in [0.2, 0.25) is 0 Å². The van der Waals surface area contributed by atoms with Crippen molar-refractivity contribution in [1.29, 1.82) is 0 Å². The maximum absolute atomic E-state index is 13.3. The summed E-state index contributed by atoms with van der Waals surface area (Å²) in [6.45, 7) is 5.78. The third-order valence-corrected chi connectivity index (χ3v) is 3.25.